The van der Waals surface area contributed by atoms with Crippen LogP contribution in [0, 0.1) is 11.8 Å². The van der Waals surface area contributed by atoms with Gasteiger partial charge in [-0.15, -0.1) is 0 Å². The van der Waals surface area contributed by atoms with E-state index in [1.807, 2.05) is 0 Å². The molecule has 37 heavy (non-hydrogen) atoms. The molecule has 0 bridgehead atoms. The third-order valence-electron chi connectivity index (χ3n) is 7.33. The summed E-state index contributed by atoms with van der Waals surface area (Å²) >= 11 is 0. The van der Waals surface area contributed by atoms with Gasteiger partial charge in [0.05, 0.1) is 23.8 Å². The Balaban J connectivity index is 1.86. The maximum Gasteiger partial charge on any atom is 0.255 e. The number of nitrogens with zero attached hydrogens (tertiary/aromatic N) is 2. The lowest BCUT2D eigenvalue weighted by Gasteiger charge is -2.50. The lowest BCUT2D eigenvalue weighted by atomic mass is 9.57. The quantitative estimate of drug-likeness (QED) is 0.220. The Morgan fingerprint density at radius 1 is 1.14 bits per heavy atom. The molecule has 0 aromatic heterocycles. The normalized spacial score (nSPS) is 27.3. The zero-order chi connectivity index (χ0) is 27.6. The molecule has 2 amide bonds. The van der Waals surface area contributed by atoms with Crippen molar-refractivity contribution in [3.8, 4) is 5.75 Å². The first-order chi connectivity index (χ1) is 17.2. The number of primary amides is 1. The number of carbonyl (C=O) groups excluding carboxylic acids is 4. The van der Waals surface area contributed by atoms with Gasteiger partial charge >= 0.3 is 0 Å². The summed E-state index contributed by atoms with van der Waals surface area (Å²) in [6.45, 7) is 0.0398. The summed E-state index contributed by atoms with van der Waals surface area (Å²) in [5, 5.41) is 47.1. The molecule has 1 fully saturated rings. The average Bonchev–Trinajstić information content (AvgIpc) is 2.77. The van der Waals surface area contributed by atoms with E-state index in [-0.39, 0.29) is 36.2 Å². The zero-order valence-corrected chi connectivity index (χ0v) is 20.9. The minimum atomic E-state index is -2.70. The average molecular weight is 515 g/mol. The van der Waals surface area contributed by atoms with E-state index in [2.05, 4.69) is 5.32 Å². The maximum atomic E-state index is 13.8. The molecule has 0 unspecified atom stereocenters. The van der Waals surface area contributed by atoms with Gasteiger partial charge in [-0.1, -0.05) is 6.07 Å². The molecule has 3 aliphatic carbocycles. The van der Waals surface area contributed by atoms with Gasteiger partial charge in [-0.3, -0.25) is 24.1 Å². The Hall–Kier alpha value is -3.74. The number of phenolic OH excluding ortho intramolecular Hbond substituents is 1. The monoisotopic (exact) mass is 514 g/mol. The molecule has 4 rings (SSSR count). The molecule has 1 saturated carbocycles. The van der Waals surface area contributed by atoms with Crippen LogP contribution in [0.4, 0.5) is 5.69 Å². The van der Waals surface area contributed by atoms with Crippen LogP contribution in [-0.2, 0) is 25.6 Å². The van der Waals surface area contributed by atoms with E-state index in [9.17, 15) is 39.6 Å². The van der Waals surface area contributed by atoms with E-state index in [4.69, 9.17) is 5.73 Å². The van der Waals surface area contributed by atoms with Crippen molar-refractivity contribution in [2.45, 2.75) is 24.5 Å². The number of rotatable bonds is 5. The number of nitrogens with two attached hydrogens (primary N) is 1. The van der Waals surface area contributed by atoms with Gasteiger partial charge in [-0.25, -0.2) is 0 Å². The smallest absolute Gasteiger partial charge is 0.255 e. The fourth-order valence-corrected chi connectivity index (χ4v) is 5.80. The van der Waals surface area contributed by atoms with Crippen LogP contribution in [0.1, 0.15) is 17.5 Å². The summed E-state index contributed by atoms with van der Waals surface area (Å²) < 4.78 is 0. The number of anilines is 1. The lowest BCUT2D eigenvalue weighted by molar-refractivity contribution is -0.153. The molecule has 4 atom stereocenters. The number of phenols is 1. The summed E-state index contributed by atoms with van der Waals surface area (Å²) in [5.74, 6) is -7.61. The van der Waals surface area contributed by atoms with Crippen LogP contribution in [0.5, 0.6) is 5.75 Å². The van der Waals surface area contributed by atoms with E-state index in [1.54, 1.807) is 25.1 Å². The molecule has 0 spiro atoms. The second-order valence-corrected chi connectivity index (χ2v) is 10.2. The summed E-state index contributed by atoms with van der Waals surface area (Å²) in [7, 11) is 6.47. The highest BCUT2D eigenvalue weighted by Crippen LogP contribution is 2.53. The molecule has 0 radical (unpaired) electrons. The number of aromatic hydroxyl groups is 1. The summed E-state index contributed by atoms with van der Waals surface area (Å²) in [5.41, 5.74) is 1.93. The van der Waals surface area contributed by atoms with Crippen molar-refractivity contribution in [2.75, 3.05) is 40.1 Å². The van der Waals surface area contributed by atoms with Crippen LogP contribution in [0.3, 0.4) is 0 Å². The van der Waals surface area contributed by atoms with Crippen LogP contribution >= 0.6 is 0 Å². The van der Waals surface area contributed by atoms with Crippen molar-refractivity contribution in [2.24, 2.45) is 17.6 Å². The highest BCUT2D eigenvalue weighted by molar-refractivity contribution is 6.24. The minimum absolute atomic E-state index is 0.00778. The number of Topliss-reactive ketones (excluding diaryl/α,β-unsaturated/α-hetero) is 2. The first-order valence-electron chi connectivity index (χ1n) is 11.7. The molecule has 7 N–H and O–H groups in total. The van der Waals surface area contributed by atoms with Crippen molar-refractivity contribution in [3.05, 3.63) is 40.2 Å². The highest BCUT2D eigenvalue weighted by Gasteiger charge is 2.64. The largest absolute Gasteiger partial charge is 0.508 e. The van der Waals surface area contributed by atoms with Crippen molar-refractivity contribution < 1.29 is 39.6 Å². The number of nitrogens with one attached hydrogen (secondary N) is 1. The van der Waals surface area contributed by atoms with Gasteiger partial charge in [-0.05, 0) is 58.6 Å². The van der Waals surface area contributed by atoms with E-state index in [0.29, 0.717) is 5.56 Å². The molecule has 198 valence electrons. The maximum absolute atomic E-state index is 13.8. The molecule has 12 heteroatoms. The second-order valence-electron chi connectivity index (χ2n) is 10.2. The fourth-order valence-electron chi connectivity index (χ4n) is 5.80. The van der Waals surface area contributed by atoms with Crippen LogP contribution in [-0.4, -0.2) is 100.0 Å². The van der Waals surface area contributed by atoms with Crippen LogP contribution < -0.4 is 11.1 Å². The summed E-state index contributed by atoms with van der Waals surface area (Å²) in [6, 6.07) is 1.96. The van der Waals surface area contributed by atoms with E-state index >= 15 is 0 Å². The Morgan fingerprint density at radius 3 is 2.35 bits per heavy atom. The third-order valence-corrected chi connectivity index (χ3v) is 7.33. The van der Waals surface area contributed by atoms with E-state index < -0.39 is 69.7 Å². The summed E-state index contributed by atoms with van der Waals surface area (Å²) in [4.78, 5) is 54.2. The molecular formula is C25H30N4O8. The number of benzene rings is 1. The fraction of sp³-hybridized carbons (Fsp3) is 0.440. The number of aliphatic hydroxyl groups excluding tert-OH is 2. The van der Waals surface area contributed by atoms with E-state index in [0.717, 1.165) is 0 Å². The SMILES string of the molecule is CN(C)CC(=O)Nc1ccc2c(c1O)C(O)=C1C(=O)[C@]3(O)C(O)=C(C(N)=O)C(=O)[C@H](N(C)C)[C@H]3C[C@@H]1C2. The first kappa shape index (κ1) is 26.3. The standard InChI is InChI=1S/C25H30N4O8/c1-28(2)9-14(30)27-13-6-5-10-7-11-8-12-18(29(3)4)21(33)17(24(26)36)23(35)25(12,37)22(34)16(11)20(32)15(10)19(13)31/h5-6,11-12,18,31-32,35,37H,7-9H2,1-4H3,(H2,26,36)(H,27,30)/t11-,12+,18+,25-/m0/s1. The molecule has 0 heterocycles. The molecule has 12 nitrogen and oxygen atoms in total. The van der Waals surface area contributed by atoms with Gasteiger partial charge in [0, 0.05) is 11.5 Å². The molecule has 0 aliphatic heterocycles. The van der Waals surface area contributed by atoms with Gasteiger partial charge < -0.3 is 36.4 Å². The van der Waals surface area contributed by atoms with Crippen molar-refractivity contribution in [1.29, 1.82) is 0 Å². The Labute approximate surface area is 212 Å². The Morgan fingerprint density at radius 2 is 1.78 bits per heavy atom. The first-order valence-corrected chi connectivity index (χ1v) is 11.7. The topological polar surface area (TPSA) is 194 Å². The number of fused-ring (bicyclic) bond motifs is 3. The number of amides is 2. The minimum Gasteiger partial charge on any atom is -0.508 e. The van der Waals surface area contributed by atoms with Crippen LogP contribution in [0.25, 0.3) is 5.76 Å². The highest BCUT2D eigenvalue weighted by atomic mass is 16.3. The molecular weight excluding hydrogens is 484 g/mol. The molecule has 0 saturated heterocycles. The number of hydrogen-bond acceptors (Lipinski definition) is 10. The lowest BCUT2D eigenvalue weighted by Crippen LogP contribution is -2.65. The number of likely N-dealkylation sites (N-methyl/N-ethyl adjacent to an activating group) is 2. The third kappa shape index (κ3) is 3.88. The zero-order valence-electron chi connectivity index (χ0n) is 20.9. The van der Waals surface area contributed by atoms with Gasteiger partial charge in [0.2, 0.25) is 11.7 Å². The van der Waals surface area contributed by atoms with Gasteiger partial charge in [0.1, 0.15) is 22.8 Å². The van der Waals surface area contributed by atoms with Gasteiger partial charge in [-0.2, -0.15) is 0 Å². The Bertz CT molecular complexity index is 1300. The number of hydrogen-bond donors (Lipinski definition) is 6. The van der Waals surface area contributed by atoms with Crippen molar-refractivity contribution in [1.82, 2.24) is 9.80 Å². The molecule has 1 aromatic carbocycles. The van der Waals surface area contributed by atoms with Gasteiger partial charge in [0.15, 0.2) is 11.4 Å². The number of ketones is 2. The Kier molecular flexibility index (Phi) is 6.39. The molecule has 1 aromatic rings. The van der Waals surface area contributed by atoms with Gasteiger partial charge in [0.25, 0.3) is 5.91 Å². The predicted octanol–water partition coefficient (Wildman–Crippen LogP) is -0.536. The van der Waals surface area contributed by atoms with E-state index in [1.165, 1.54) is 25.1 Å². The van der Waals surface area contributed by atoms with Crippen LogP contribution in [0.2, 0.25) is 0 Å². The van der Waals surface area contributed by atoms with Crippen molar-refractivity contribution in [3.63, 3.8) is 0 Å². The predicted molar refractivity (Wildman–Crippen MR) is 131 cm³/mol. The number of aliphatic hydroxyl groups is 3. The number of carbonyl (C=O) groups is 4. The second kappa shape index (κ2) is 8.98. The van der Waals surface area contributed by atoms with Crippen molar-refractivity contribution >= 4 is 34.8 Å². The molecule has 3 aliphatic rings. The summed E-state index contributed by atoms with van der Waals surface area (Å²) in [6.07, 6.45) is 0.182. The van der Waals surface area contributed by atoms with Crippen LogP contribution in [0.15, 0.2) is 29.0 Å².